The van der Waals surface area contributed by atoms with E-state index in [1.807, 2.05) is 39.2 Å². The minimum atomic E-state index is 0.114. The Labute approximate surface area is 124 Å². The highest BCUT2D eigenvalue weighted by molar-refractivity contribution is 8.00. The van der Waals surface area contributed by atoms with E-state index in [1.54, 1.807) is 16.7 Å². The Morgan fingerprint density at radius 3 is 2.80 bits per heavy atom. The van der Waals surface area contributed by atoms with E-state index in [2.05, 4.69) is 4.90 Å². The van der Waals surface area contributed by atoms with Crippen LogP contribution < -0.4 is 4.90 Å². The maximum Gasteiger partial charge on any atom is 0.237 e. The van der Waals surface area contributed by atoms with Crippen LogP contribution >= 0.6 is 11.8 Å². The predicted molar refractivity (Wildman–Crippen MR) is 82.7 cm³/mol. The molecule has 0 atom stereocenters. The fraction of sp³-hybridized carbons (Fsp3) is 0.467. The van der Waals surface area contributed by atoms with Crippen LogP contribution in [0.25, 0.3) is 0 Å². The first kappa shape index (κ1) is 15.1. The number of ketones is 1. The molecule has 4 nitrogen and oxygen atoms in total. The monoisotopic (exact) mass is 292 g/mol. The Hall–Kier alpha value is -1.33. The molecule has 0 saturated heterocycles. The molecule has 1 heterocycles. The lowest BCUT2D eigenvalue weighted by atomic mass is 10.1. The fourth-order valence-electron chi connectivity index (χ4n) is 2.12. The molecular formula is C15H20N2O2S. The molecule has 2 rings (SSSR count). The van der Waals surface area contributed by atoms with E-state index in [4.69, 9.17) is 0 Å². The molecule has 0 saturated carbocycles. The number of hydrogen-bond acceptors (Lipinski definition) is 4. The number of rotatable bonds is 5. The Balaban J connectivity index is 2.32. The molecule has 1 aliphatic rings. The number of thioether (sulfide) groups is 1. The third kappa shape index (κ3) is 3.22. The molecule has 0 fully saturated rings. The lowest BCUT2D eigenvalue weighted by Gasteiger charge is -2.30. The third-order valence-electron chi connectivity index (χ3n) is 3.32. The van der Waals surface area contributed by atoms with Gasteiger partial charge >= 0.3 is 0 Å². The SMILES string of the molecule is CCC(=O)c1ccc2c(c1)N(CCN(C)C)C(=O)CS2. The van der Waals surface area contributed by atoms with Crippen molar-refractivity contribution in [2.45, 2.75) is 18.2 Å². The van der Waals surface area contributed by atoms with Gasteiger partial charge in [0.2, 0.25) is 5.91 Å². The van der Waals surface area contributed by atoms with Crippen molar-refractivity contribution >= 4 is 29.1 Å². The summed E-state index contributed by atoms with van der Waals surface area (Å²) in [5.74, 6) is 0.704. The van der Waals surface area contributed by atoms with Gasteiger partial charge in [0.25, 0.3) is 0 Å². The van der Waals surface area contributed by atoms with E-state index in [0.717, 1.165) is 17.1 Å². The van der Waals surface area contributed by atoms with Gasteiger partial charge in [-0.1, -0.05) is 13.0 Å². The van der Waals surface area contributed by atoms with Crippen molar-refractivity contribution in [3.63, 3.8) is 0 Å². The van der Waals surface area contributed by atoms with E-state index < -0.39 is 0 Å². The molecule has 0 unspecified atom stereocenters. The summed E-state index contributed by atoms with van der Waals surface area (Å²) in [4.78, 5) is 28.9. The van der Waals surface area contributed by atoms with E-state index in [9.17, 15) is 9.59 Å². The molecule has 1 aromatic carbocycles. The van der Waals surface area contributed by atoms with Crippen molar-refractivity contribution in [3.05, 3.63) is 23.8 Å². The van der Waals surface area contributed by atoms with Gasteiger partial charge in [0, 0.05) is 30.0 Å². The van der Waals surface area contributed by atoms with Crippen LogP contribution in [0, 0.1) is 0 Å². The highest BCUT2D eigenvalue weighted by Gasteiger charge is 2.25. The Morgan fingerprint density at radius 1 is 1.40 bits per heavy atom. The second-order valence-electron chi connectivity index (χ2n) is 5.10. The fourth-order valence-corrected chi connectivity index (χ4v) is 3.04. The van der Waals surface area contributed by atoms with Gasteiger partial charge in [-0.2, -0.15) is 0 Å². The molecule has 0 N–H and O–H groups in total. The molecule has 0 spiro atoms. The second-order valence-corrected chi connectivity index (χ2v) is 6.11. The maximum atomic E-state index is 12.1. The van der Waals surface area contributed by atoms with Crippen LogP contribution in [-0.4, -0.2) is 49.5 Å². The summed E-state index contributed by atoms with van der Waals surface area (Å²) in [5.41, 5.74) is 1.57. The van der Waals surface area contributed by atoms with Crippen LogP contribution in [0.4, 0.5) is 5.69 Å². The van der Waals surface area contributed by atoms with Crippen LogP contribution in [0.5, 0.6) is 0 Å². The average Bonchev–Trinajstić information content (AvgIpc) is 2.44. The summed E-state index contributed by atoms with van der Waals surface area (Å²) in [6.07, 6.45) is 0.484. The van der Waals surface area contributed by atoms with Gasteiger partial charge in [-0.3, -0.25) is 9.59 Å². The predicted octanol–water partition coefficient (Wildman–Crippen LogP) is 2.28. The summed E-state index contributed by atoms with van der Waals surface area (Å²) in [6.45, 7) is 3.32. The topological polar surface area (TPSA) is 40.6 Å². The molecule has 0 aromatic heterocycles. The second kappa shape index (κ2) is 6.41. The van der Waals surface area contributed by atoms with Gasteiger partial charge in [-0.25, -0.2) is 0 Å². The van der Waals surface area contributed by atoms with Crippen molar-refractivity contribution in [2.75, 3.05) is 37.8 Å². The first-order valence-corrected chi connectivity index (χ1v) is 7.76. The van der Waals surface area contributed by atoms with Gasteiger partial charge in [-0.15, -0.1) is 11.8 Å². The van der Waals surface area contributed by atoms with Gasteiger partial charge in [0.15, 0.2) is 5.78 Å². The summed E-state index contributed by atoms with van der Waals surface area (Å²) in [6, 6.07) is 5.68. The quantitative estimate of drug-likeness (QED) is 0.781. The number of fused-ring (bicyclic) bond motifs is 1. The van der Waals surface area contributed by atoms with Gasteiger partial charge < -0.3 is 9.80 Å². The maximum absolute atomic E-state index is 12.1. The first-order valence-electron chi connectivity index (χ1n) is 6.78. The minimum absolute atomic E-state index is 0.114. The number of nitrogens with zero attached hydrogens (tertiary/aromatic N) is 2. The van der Waals surface area contributed by atoms with E-state index in [1.165, 1.54) is 0 Å². The minimum Gasteiger partial charge on any atom is -0.309 e. The molecular weight excluding hydrogens is 272 g/mol. The molecule has 20 heavy (non-hydrogen) atoms. The highest BCUT2D eigenvalue weighted by Crippen LogP contribution is 2.36. The molecule has 0 aliphatic carbocycles. The number of carbonyl (C=O) groups excluding carboxylic acids is 2. The number of carbonyl (C=O) groups is 2. The molecule has 1 amide bonds. The van der Waals surface area contributed by atoms with Gasteiger partial charge in [0.05, 0.1) is 11.4 Å². The lowest BCUT2D eigenvalue weighted by Crippen LogP contribution is -2.40. The summed E-state index contributed by atoms with van der Waals surface area (Å²) in [5, 5.41) is 0. The molecule has 1 aromatic rings. The Morgan fingerprint density at radius 2 is 2.15 bits per heavy atom. The number of Topliss-reactive ketones (excluding diaryl/α,β-unsaturated/α-hetero) is 1. The zero-order valence-corrected chi connectivity index (χ0v) is 13.0. The van der Waals surface area contributed by atoms with Gasteiger partial charge in [-0.05, 0) is 26.2 Å². The first-order chi connectivity index (χ1) is 9.52. The van der Waals surface area contributed by atoms with Crippen molar-refractivity contribution < 1.29 is 9.59 Å². The van der Waals surface area contributed by atoms with Crippen LogP contribution in [0.15, 0.2) is 23.1 Å². The third-order valence-corrected chi connectivity index (χ3v) is 4.36. The summed E-state index contributed by atoms with van der Waals surface area (Å²) >= 11 is 1.55. The Kier molecular flexibility index (Phi) is 4.83. The van der Waals surface area contributed by atoms with E-state index >= 15 is 0 Å². The molecule has 0 bridgehead atoms. The van der Waals surface area contributed by atoms with Crippen LogP contribution in [-0.2, 0) is 4.79 Å². The number of amides is 1. The van der Waals surface area contributed by atoms with E-state index in [-0.39, 0.29) is 11.7 Å². The molecule has 108 valence electrons. The van der Waals surface area contributed by atoms with Crippen LogP contribution in [0.1, 0.15) is 23.7 Å². The highest BCUT2D eigenvalue weighted by atomic mass is 32.2. The molecule has 0 radical (unpaired) electrons. The van der Waals surface area contributed by atoms with E-state index in [0.29, 0.717) is 24.3 Å². The number of anilines is 1. The van der Waals surface area contributed by atoms with Crippen molar-refractivity contribution in [1.29, 1.82) is 0 Å². The standard InChI is InChI=1S/C15H20N2O2S/c1-4-13(18)11-5-6-14-12(9-11)17(8-7-16(2)3)15(19)10-20-14/h5-6,9H,4,7-8,10H2,1-3H3. The van der Waals surface area contributed by atoms with Crippen LogP contribution in [0.2, 0.25) is 0 Å². The van der Waals surface area contributed by atoms with Gasteiger partial charge in [0.1, 0.15) is 0 Å². The summed E-state index contributed by atoms with van der Waals surface area (Å²) < 4.78 is 0. The van der Waals surface area contributed by atoms with Crippen molar-refractivity contribution in [2.24, 2.45) is 0 Å². The van der Waals surface area contributed by atoms with Crippen LogP contribution in [0.3, 0.4) is 0 Å². The zero-order chi connectivity index (χ0) is 14.7. The lowest BCUT2D eigenvalue weighted by molar-refractivity contribution is -0.116. The summed E-state index contributed by atoms with van der Waals surface area (Å²) in [7, 11) is 3.97. The molecule has 5 heteroatoms. The smallest absolute Gasteiger partial charge is 0.237 e. The largest absolute Gasteiger partial charge is 0.309 e. The number of likely N-dealkylation sites (N-methyl/N-ethyl adjacent to an activating group) is 1. The molecule has 1 aliphatic heterocycles. The number of hydrogen-bond donors (Lipinski definition) is 0. The normalized spacial score (nSPS) is 14.6. The number of benzene rings is 1. The zero-order valence-electron chi connectivity index (χ0n) is 12.2. The Bertz CT molecular complexity index is 529. The van der Waals surface area contributed by atoms with Crippen molar-refractivity contribution in [1.82, 2.24) is 4.90 Å². The van der Waals surface area contributed by atoms with Crippen molar-refractivity contribution in [3.8, 4) is 0 Å². The average molecular weight is 292 g/mol.